The molecule has 0 radical (unpaired) electrons. The first kappa shape index (κ1) is 22.5. The lowest BCUT2D eigenvalue weighted by molar-refractivity contribution is -0.478. The van der Waals surface area contributed by atoms with E-state index in [1.54, 1.807) is 31.2 Å². The Bertz CT molecular complexity index is 1010. The first-order chi connectivity index (χ1) is 14.9. The van der Waals surface area contributed by atoms with Crippen LogP contribution in [0, 0.1) is 0 Å². The molecular formula is C24H22Cl2O4S. The highest BCUT2D eigenvalue weighted by Gasteiger charge is 2.54. The first-order valence-corrected chi connectivity index (χ1v) is 11.7. The van der Waals surface area contributed by atoms with Crippen LogP contribution in [0.5, 0.6) is 0 Å². The minimum absolute atomic E-state index is 0.349. The molecule has 0 N–H and O–H groups in total. The van der Waals surface area contributed by atoms with Crippen LogP contribution >= 0.6 is 23.2 Å². The number of halogens is 2. The Morgan fingerprint density at radius 2 is 1.39 bits per heavy atom. The van der Waals surface area contributed by atoms with E-state index >= 15 is 0 Å². The van der Waals surface area contributed by atoms with Gasteiger partial charge in [-0.25, -0.2) is 4.89 Å². The van der Waals surface area contributed by atoms with Crippen LogP contribution in [0.2, 0.25) is 10.0 Å². The average Bonchev–Trinajstić information content (AvgIpc) is 2.81. The molecule has 1 unspecified atom stereocenters. The van der Waals surface area contributed by atoms with Crippen molar-refractivity contribution in [3.05, 3.63) is 100 Å². The van der Waals surface area contributed by atoms with Gasteiger partial charge >= 0.3 is 0 Å². The average molecular weight is 477 g/mol. The van der Waals surface area contributed by atoms with Crippen molar-refractivity contribution >= 4 is 34.0 Å². The van der Waals surface area contributed by atoms with Gasteiger partial charge in [-0.15, -0.1) is 0 Å². The Hall–Kier alpha value is -1.73. The second-order valence-electron chi connectivity index (χ2n) is 7.53. The van der Waals surface area contributed by atoms with Crippen molar-refractivity contribution in [3.63, 3.8) is 0 Å². The highest BCUT2D eigenvalue weighted by atomic mass is 35.5. The Morgan fingerprint density at radius 1 is 0.871 bits per heavy atom. The molecule has 3 atom stereocenters. The molecule has 1 saturated heterocycles. The molecule has 0 aromatic heterocycles. The summed E-state index contributed by atoms with van der Waals surface area (Å²) in [6.45, 7) is 1.74. The smallest absolute Gasteiger partial charge is 0.213 e. The third-order valence-corrected chi connectivity index (χ3v) is 8.02. The molecule has 1 fully saturated rings. The maximum absolute atomic E-state index is 13.7. The molecular weight excluding hydrogens is 455 g/mol. The fraction of sp³-hybridized carbons (Fsp3) is 0.250. The van der Waals surface area contributed by atoms with E-state index in [2.05, 4.69) is 0 Å². The van der Waals surface area contributed by atoms with Gasteiger partial charge in [0.2, 0.25) is 5.79 Å². The molecule has 1 heterocycles. The van der Waals surface area contributed by atoms with Crippen molar-refractivity contribution in [2.45, 2.75) is 34.9 Å². The van der Waals surface area contributed by atoms with Crippen LogP contribution in [0.3, 0.4) is 0 Å². The molecule has 0 saturated carbocycles. The summed E-state index contributed by atoms with van der Waals surface area (Å²) < 4.78 is 19.3. The fourth-order valence-electron chi connectivity index (χ4n) is 3.78. The molecule has 1 aliphatic rings. The van der Waals surface area contributed by atoms with Gasteiger partial charge in [-0.3, -0.25) is 4.21 Å². The van der Waals surface area contributed by atoms with Gasteiger partial charge in [0.25, 0.3) is 0 Å². The van der Waals surface area contributed by atoms with Crippen LogP contribution in [0.1, 0.15) is 24.5 Å². The highest BCUT2D eigenvalue weighted by Crippen LogP contribution is 2.48. The second-order valence-corrected chi connectivity index (χ2v) is 10.0. The van der Waals surface area contributed by atoms with Gasteiger partial charge < -0.3 is 4.74 Å². The zero-order valence-corrected chi connectivity index (χ0v) is 19.4. The van der Waals surface area contributed by atoms with Crippen LogP contribution in [0.25, 0.3) is 0 Å². The first-order valence-electron chi connectivity index (χ1n) is 9.78. The number of hydrogen-bond acceptors (Lipinski definition) is 4. The Kier molecular flexibility index (Phi) is 6.54. The van der Waals surface area contributed by atoms with Crippen LogP contribution in [0.15, 0.2) is 83.8 Å². The molecule has 0 aliphatic carbocycles. The van der Waals surface area contributed by atoms with Crippen LogP contribution in [0.4, 0.5) is 0 Å². The standard InChI is InChI=1S/C24H22Cl2O4S/c1-23(28-2)22(31(27)21-6-4-3-5-7-21)16-24(30-29-23,17-8-12-19(25)13-9-17)18-10-14-20(26)15-11-18/h3-15,22H,16H2,1-2H3/t22-,23+,31?/m0/s1. The summed E-state index contributed by atoms with van der Waals surface area (Å²) in [5.74, 6) is -1.21. The maximum Gasteiger partial charge on any atom is 0.213 e. The summed E-state index contributed by atoms with van der Waals surface area (Å²) >= 11 is 12.3. The predicted octanol–water partition coefficient (Wildman–Crippen LogP) is 6.13. The van der Waals surface area contributed by atoms with Crippen molar-refractivity contribution in [1.82, 2.24) is 0 Å². The molecule has 4 nitrogen and oxygen atoms in total. The van der Waals surface area contributed by atoms with E-state index in [0.717, 1.165) is 11.1 Å². The third-order valence-electron chi connectivity index (χ3n) is 5.67. The van der Waals surface area contributed by atoms with Gasteiger partial charge in [0.1, 0.15) is 0 Å². The number of ether oxygens (including phenoxy) is 1. The van der Waals surface area contributed by atoms with Gasteiger partial charge in [-0.2, -0.15) is 4.89 Å². The van der Waals surface area contributed by atoms with E-state index in [4.69, 9.17) is 37.7 Å². The normalized spacial score (nSPS) is 23.9. The number of benzene rings is 3. The molecule has 0 amide bonds. The summed E-state index contributed by atoms with van der Waals surface area (Å²) in [5.41, 5.74) is 0.627. The van der Waals surface area contributed by atoms with E-state index in [1.165, 1.54) is 7.11 Å². The molecule has 7 heteroatoms. The lowest BCUT2D eigenvalue weighted by Gasteiger charge is -2.47. The number of methoxy groups -OCH3 is 1. The van der Waals surface area contributed by atoms with Crippen molar-refractivity contribution in [3.8, 4) is 0 Å². The molecule has 162 valence electrons. The van der Waals surface area contributed by atoms with E-state index in [1.807, 2.05) is 54.6 Å². The van der Waals surface area contributed by atoms with E-state index < -0.39 is 27.4 Å². The summed E-state index contributed by atoms with van der Waals surface area (Å²) in [7, 11) is 0.0997. The van der Waals surface area contributed by atoms with Gasteiger partial charge in [-0.1, -0.05) is 65.7 Å². The fourth-order valence-corrected chi connectivity index (χ4v) is 5.70. The number of rotatable bonds is 5. The van der Waals surface area contributed by atoms with Crippen molar-refractivity contribution < 1.29 is 18.7 Å². The van der Waals surface area contributed by atoms with Crippen molar-refractivity contribution in [2.24, 2.45) is 0 Å². The highest BCUT2D eigenvalue weighted by molar-refractivity contribution is 7.85. The van der Waals surface area contributed by atoms with Crippen molar-refractivity contribution in [2.75, 3.05) is 7.11 Å². The molecule has 1 aliphatic heterocycles. The monoisotopic (exact) mass is 476 g/mol. The summed E-state index contributed by atoms with van der Waals surface area (Å²) in [6, 6.07) is 24.0. The van der Waals surface area contributed by atoms with E-state index in [9.17, 15) is 4.21 Å². The lowest BCUT2D eigenvalue weighted by atomic mass is 9.80. The Balaban J connectivity index is 1.84. The zero-order valence-electron chi connectivity index (χ0n) is 17.1. The van der Waals surface area contributed by atoms with Gasteiger partial charge in [0, 0.05) is 28.5 Å². The van der Waals surface area contributed by atoms with Crippen LogP contribution < -0.4 is 0 Å². The zero-order chi connectivity index (χ0) is 22.1. The van der Waals surface area contributed by atoms with Crippen LogP contribution in [-0.4, -0.2) is 22.4 Å². The minimum atomic E-state index is -1.42. The summed E-state index contributed by atoms with van der Waals surface area (Å²) in [4.78, 5) is 12.7. The van der Waals surface area contributed by atoms with Gasteiger partial charge in [0.05, 0.1) is 16.0 Å². The molecule has 4 rings (SSSR count). The third kappa shape index (κ3) is 4.31. The van der Waals surface area contributed by atoms with Gasteiger partial charge in [-0.05, 0) is 54.4 Å². The second kappa shape index (κ2) is 9.02. The van der Waals surface area contributed by atoms with Gasteiger partial charge in [0.15, 0.2) is 5.60 Å². The Morgan fingerprint density at radius 3 is 1.87 bits per heavy atom. The quantitative estimate of drug-likeness (QED) is 0.415. The molecule has 0 bridgehead atoms. The SMILES string of the molecule is CO[C@]1(C)OOC(c2ccc(Cl)cc2)(c2ccc(Cl)cc2)C[C@@H]1S(=O)c1ccccc1. The van der Waals surface area contributed by atoms with E-state index in [0.29, 0.717) is 21.4 Å². The molecule has 0 spiro atoms. The molecule has 31 heavy (non-hydrogen) atoms. The largest absolute Gasteiger partial charge is 0.350 e. The Labute approximate surface area is 194 Å². The summed E-state index contributed by atoms with van der Waals surface area (Å²) in [5, 5.41) is 0.691. The minimum Gasteiger partial charge on any atom is -0.350 e. The lowest BCUT2D eigenvalue weighted by Crippen LogP contribution is -2.56. The maximum atomic E-state index is 13.7. The topological polar surface area (TPSA) is 44.8 Å². The molecule has 3 aromatic rings. The predicted molar refractivity (Wildman–Crippen MR) is 123 cm³/mol. The van der Waals surface area contributed by atoms with Crippen molar-refractivity contribution in [1.29, 1.82) is 0 Å². The summed E-state index contributed by atoms with van der Waals surface area (Å²) in [6.07, 6.45) is 0.349. The number of hydrogen-bond donors (Lipinski definition) is 0. The van der Waals surface area contributed by atoms with Crippen LogP contribution in [-0.2, 0) is 30.9 Å². The van der Waals surface area contributed by atoms with E-state index in [-0.39, 0.29) is 0 Å². The molecule has 3 aromatic carbocycles.